The molecule has 0 spiro atoms. The highest BCUT2D eigenvalue weighted by Gasteiger charge is 2.22. The molecule has 0 aliphatic carbocycles. The predicted octanol–water partition coefficient (Wildman–Crippen LogP) is 2.62. The molecule has 24 heavy (non-hydrogen) atoms. The van der Waals surface area contributed by atoms with Crippen LogP contribution in [-0.4, -0.2) is 20.9 Å². The lowest BCUT2D eigenvalue weighted by molar-refractivity contribution is -0.118. The quantitative estimate of drug-likeness (QED) is 0.847. The third kappa shape index (κ3) is 3.68. The summed E-state index contributed by atoms with van der Waals surface area (Å²) in [6, 6.07) is 12.1. The number of hydrogen-bond acceptors (Lipinski definition) is 3. The van der Waals surface area contributed by atoms with Gasteiger partial charge in [0.05, 0.1) is 11.3 Å². The zero-order valence-corrected chi connectivity index (χ0v) is 15.3. The number of carbonyl (C=O) groups is 1. The van der Waals surface area contributed by atoms with Gasteiger partial charge in [0.1, 0.15) is 0 Å². The zero-order chi connectivity index (χ0) is 17.3. The Morgan fingerprint density at radius 3 is 2.54 bits per heavy atom. The maximum Gasteiger partial charge on any atom is 0.238 e. The molecule has 0 atom stereocenters. The minimum Gasteiger partial charge on any atom is -0.312 e. The topological polar surface area (TPSA) is 80.5 Å². The van der Waals surface area contributed by atoms with Crippen LogP contribution in [0.2, 0.25) is 0 Å². The highest BCUT2D eigenvalue weighted by Crippen LogP contribution is 2.30. The molecule has 2 N–H and O–H groups in total. The van der Waals surface area contributed by atoms with E-state index >= 15 is 0 Å². The minimum atomic E-state index is -3.71. The smallest absolute Gasteiger partial charge is 0.238 e. The molecule has 5 nitrogen and oxygen atoms in total. The number of amides is 1. The maximum atomic E-state index is 12.7. The van der Waals surface area contributed by atoms with Gasteiger partial charge in [-0.25, -0.2) is 13.6 Å². The van der Waals surface area contributed by atoms with Gasteiger partial charge in [-0.3, -0.25) is 4.79 Å². The Morgan fingerprint density at radius 2 is 1.88 bits per heavy atom. The molecule has 0 radical (unpaired) electrons. The molecular weight excluding hydrogens is 392 g/mol. The lowest BCUT2D eigenvalue weighted by atomic mass is 10.0. The average molecular weight is 409 g/mol. The molecule has 0 aromatic heterocycles. The van der Waals surface area contributed by atoms with E-state index in [1.54, 1.807) is 17.0 Å². The summed E-state index contributed by atoms with van der Waals surface area (Å²) in [7, 11) is -3.71. The number of halogens is 1. The Hall–Kier alpha value is -1.70. The summed E-state index contributed by atoms with van der Waals surface area (Å²) >= 11 is 3.46. The number of anilines is 1. The highest BCUT2D eigenvalue weighted by atomic mass is 79.9. The van der Waals surface area contributed by atoms with Crippen molar-refractivity contribution in [3.63, 3.8) is 0 Å². The molecule has 0 saturated carbocycles. The normalized spacial score (nSPS) is 14.3. The van der Waals surface area contributed by atoms with Crippen molar-refractivity contribution in [2.45, 2.75) is 24.2 Å². The van der Waals surface area contributed by atoms with Crippen LogP contribution in [0.3, 0.4) is 0 Å². The van der Waals surface area contributed by atoms with Crippen molar-refractivity contribution in [3.8, 4) is 0 Å². The van der Waals surface area contributed by atoms with Gasteiger partial charge in [0, 0.05) is 16.7 Å². The van der Waals surface area contributed by atoms with Crippen LogP contribution in [0.15, 0.2) is 51.8 Å². The lowest BCUT2D eigenvalue weighted by Crippen LogP contribution is -2.36. The molecule has 1 aliphatic heterocycles. The summed E-state index contributed by atoms with van der Waals surface area (Å²) < 4.78 is 23.6. The van der Waals surface area contributed by atoms with Crippen molar-refractivity contribution in [1.82, 2.24) is 0 Å². The number of rotatable bonds is 3. The van der Waals surface area contributed by atoms with E-state index in [0.717, 1.165) is 34.1 Å². The molecule has 0 saturated heterocycles. The number of nitrogens with two attached hydrogens (primary N) is 1. The van der Waals surface area contributed by atoms with E-state index in [4.69, 9.17) is 5.14 Å². The molecule has 0 bridgehead atoms. The fourth-order valence-electron chi connectivity index (χ4n) is 2.89. The van der Waals surface area contributed by atoms with Gasteiger partial charge in [-0.15, -0.1) is 0 Å². The van der Waals surface area contributed by atoms with Crippen LogP contribution in [0.1, 0.15) is 17.5 Å². The van der Waals surface area contributed by atoms with Gasteiger partial charge >= 0.3 is 0 Å². The molecular formula is C17H17BrN2O3S. The average Bonchev–Trinajstić information content (AvgIpc) is 2.53. The first-order valence-electron chi connectivity index (χ1n) is 7.55. The van der Waals surface area contributed by atoms with Gasteiger partial charge < -0.3 is 4.90 Å². The predicted molar refractivity (Wildman–Crippen MR) is 96.3 cm³/mol. The van der Waals surface area contributed by atoms with Crippen molar-refractivity contribution in [3.05, 3.63) is 58.1 Å². The highest BCUT2D eigenvalue weighted by molar-refractivity contribution is 9.10. The van der Waals surface area contributed by atoms with Gasteiger partial charge in [0.15, 0.2) is 0 Å². The number of benzene rings is 2. The van der Waals surface area contributed by atoms with E-state index in [-0.39, 0.29) is 17.2 Å². The number of hydrogen-bond donors (Lipinski definition) is 1. The van der Waals surface area contributed by atoms with Crippen LogP contribution in [0.25, 0.3) is 0 Å². The van der Waals surface area contributed by atoms with Crippen molar-refractivity contribution in [2.24, 2.45) is 5.14 Å². The Labute approximate surface area is 149 Å². The Kier molecular flexibility index (Phi) is 4.76. The second-order valence-corrected chi connectivity index (χ2v) is 8.26. The fourth-order valence-corrected chi connectivity index (χ4v) is 3.82. The monoisotopic (exact) mass is 408 g/mol. The van der Waals surface area contributed by atoms with Crippen LogP contribution >= 0.6 is 15.9 Å². The van der Waals surface area contributed by atoms with Crippen LogP contribution in [0.5, 0.6) is 0 Å². The molecule has 3 rings (SSSR count). The minimum absolute atomic E-state index is 0.00151. The molecule has 7 heteroatoms. The van der Waals surface area contributed by atoms with E-state index in [1.807, 2.05) is 12.1 Å². The first-order valence-corrected chi connectivity index (χ1v) is 9.89. The van der Waals surface area contributed by atoms with Crippen molar-refractivity contribution in [2.75, 3.05) is 11.4 Å². The van der Waals surface area contributed by atoms with Crippen molar-refractivity contribution < 1.29 is 13.2 Å². The fraction of sp³-hybridized carbons (Fsp3) is 0.235. The van der Waals surface area contributed by atoms with Crippen molar-refractivity contribution in [1.29, 1.82) is 0 Å². The second-order valence-electron chi connectivity index (χ2n) is 5.79. The third-order valence-corrected chi connectivity index (χ3v) is 5.49. The van der Waals surface area contributed by atoms with E-state index in [1.165, 1.54) is 12.1 Å². The van der Waals surface area contributed by atoms with E-state index in [0.29, 0.717) is 6.54 Å². The SMILES string of the molecule is NS(=O)(=O)c1ccc(CC(=O)N2CCCc3cc(Br)ccc32)cc1. The second kappa shape index (κ2) is 6.66. The number of primary sulfonamides is 1. The molecule has 1 aliphatic rings. The van der Waals surface area contributed by atoms with Gasteiger partial charge in [-0.2, -0.15) is 0 Å². The van der Waals surface area contributed by atoms with Crippen LogP contribution in [0, 0.1) is 0 Å². The summed E-state index contributed by atoms with van der Waals surface area (Å²) in [6.45, 7) is 0.697. The largest absolute Gasteiger partial charge is 0.312 e. The number of fused-ring (bicyclic) bond motifs is 1. The first-order chi connectivity index (χ1) is 11.3. The lowest BCUT2D eigenvalue weighted by Gasteiger charge is -2.29. The summed E-state index contributed by atoms with van der Waals surface area (Å²) in [5.41, 5.74) is 2.88. The summed E-state index contributed by atoms with van der Waals surface area (Å²) in [5.74, 6) is 0.00151. The number of aryl methyl sites for hydroxylation is 1. The number of sulfonamides is 1. The number of nitrogens with zero attached hydrogens (tertiary/aromatic N) is 1. The molecule has 1 amide bonds. The Balaban J connectivity index is 1.79. The van der Waals surface area contributed by atoms with Crippen LogP contribution in [-0.2, 0) is 27.7 Å². The van der Waals surface area contributed by atoms with Gasteiger partial charge in [0.2, 0.25) is 15.9 Å². The Morgan fingerprint density at radius 1 is 1.17 bits per heavy atom. The summed E-state index contributed by atoms with van der Waals surface area (Å²) in [5, 5.41) is 5.08. The van der Waals surface area contributed by atoms with Crippen LogP contribution in [0.4, 0.5) is 5.69 Å². The van der Waals surface area contributed by atoms with E-state index in [2.05, 4.69) is 22.0 Å². The van der Waals surface area contributed by atoms with E-state index in [9.17, 15) is 13.2 Å². The summed E-state index contributed by atoms with van der Waals surface area (Å²) in [6.07, 6.45) is 2.11. The van der Waals surface area contributed by atoms with E-state index < -0.39 is 10.0 Å². The zero-order valence-electron chi connectivity index (χ0n) is 12.9. The van der Waals surface area contributed by atoms with Gasteiger partial charge in [-0.1, -0.05) is 28.1 Å². The van der Waals surface area contributed by atoms with Crippen molar-refractivity contribution >= 4 is 37.5 Å². The molecule has 126 valence electrons. The number of carbonyl (C=O) groups excluding carboxylic acids is 1. The standard InChI is InChI=1S/C17H17BrN2O3S/c18-14-5-8-16-13(11-14)2-1-9-20(16)17(21)10-12-3-6-15(7-4-12)24(19,22)23/h3-8,11H,1-2,9-10H2,(H2,19,22,23). The molecule has 0 fully saturated rings. The summed E-state index contributed by atoms with van der Waals surface area (Å²) in [4.78, 5) is 14.5. The molecule has 0 unspecified atom stereocenters. The molecule has 2 aromatic carbocycles. The first kappa shape index (κ1) is 17.1. The maximum absolute atomic E-state index is 12.7. The van der Waals surface area contributed by atoms with Crippen LogP contribution < -0.4 is 10.0 Å². The van der Waals surface area contributed by atoms with Gasteiger partial charge in [0.25, 0.3) is 0 Å². The molecule has 1 heterocycles. The van der Waals surface area contributed by atoms with Gasteiger partial charge in [-0.05, 0) is 54.3 Å². The molecule has 2 aromatic rings. The Bertz CT molecular complexity index is 879. The third-order valence-electron chi connectivity index (χ3n) is 4.07.